The zero-order chi connectivity index (χ0) is 16.2. The monoisotopic (exact) mass is 338 g/mol. The van der Waals surface area contributed by atoms with E-state index < -0.39 is 10.0 Å². The summed E-state index contributed by atoms with van der Waals surface area (Å²) in [6.45, 7) is 2.03. The minimum absolute atomic E-state index is 0.225. The highest BCUT2D eigenvalue weighted by Gasteiger charge is 2.18. The van der Waals surface area contributed by atoms with Gasteiger partial charge < -0.3 is 4.90 Å². The van der Waals surface area contributed by atoms with Gasteiger partial charge in [-0.05, 0) is 24.6 Å². The van der Waals surface area contributed by atoms with Crippen LogP contribution in [0.5, 0.6) is 0 Å². The summed E-state index contributed by atoms with van der Waals surface area (Å²) in [6.07, 6.45) is 0. The molecule has 0 saturated carbocycles. The van der Waals surface area contributed by atoms with Crippen molar-refractivity contribution in [2.24, 2.45) is 0 Å². The summed E-state index contributed by atoms with van der Waals surface area (Å²) in [4.78, 5) is 14.4. The molecule has 0 bridgehead atoms. The smallest absolute Gasteiger partial charge is 0.250 e. The van der Waals surface area contributed by atoms with E-state index in [2.05, 4.69) is 4.72 Å². The van der Waals surface area contributed by atoms with E-state index in [9.17, 15) is 13.2 Å². The van der Waals surface area contributed by atoms with Gasteiger partial charge in [-0.2, -0.15) is 0 Å². The molecule has 1 aromatic carbocycles. The summed E-state index contributed by atoms with van der Waals surface area (Å²) >= 11 is 1.18. The predicted octanol–water partition coefficient (Wildman–Crippen LogP) is 1.99. The van der Waals surface area contributed by atoms with Gasteiger partial charge in [0, 0.05) is 18.5 Å². The minimum atomic E-state index is -3.62. The number of thiophene rings is 1. The van der Waals surface area contributed by atoms with Gasteiger partial charge >= 0.3 is 0 Å². The second-order valence-electron chi connectivity index (χ2n) is 4.93. The molecule has 22 heavy (non-hydrogen) atoms. The first-order valence-corrected chi connectivity index (χ1v) is 9.02. The lowest BCUT2D eigenvalue weighted by atomic mass is 10.2. The van der Waals surface area contributed by atoms with Crippen molar-refractivity contribution in [1.82, 2.24) is 9.62 Å². The third-order valence-electron chi connectivity index (χ3n) is 3.08. The second kappa shape index (κ2) is 7.04. The van der Waals surface area contributed by atoms with E-state index in [1.807, 2.05) is 37.3 Å². The average Bonchev–Trinajstić information content (AvgIpc) is 2.93. The van der Waals surface area contributed by atoms with Crippen LogP contribution in [0.3, 0.4) is 0 Å². The maximum atomic E-state index is 12.1. The van der Waals surface area contributed by atoms with Crippen molar-refractivity contribution in [1.29, 1.82) is 0 Å². The number of rotatable bonds is 6. The second-order valence-corrected chi connectivity index (χ2v) is 8.21. The SMILES string of the molecule is Cc1ccc(S(=O)(=O)NCC(=O)N(C)Cc2ccccc2)s1. The van der Waals surface area contributed by atoms with Crippen molar-refractivity contribution in [3.05, 3.63) is 52.9 Å². The minimum Gasteiger partial charge on any atom is -0.340 e. The topological polar surface area (TPSA) is 66.5 Å². The number of nitrogens with zero attached hydrogens (tertiary/aromatic N) is 1. The van der Waals surface area contributed by atoms with Gasteiger partial charge in [-0.25, -0.2) is 13.1 Å². The number of carbonyl (C=O) groups is 1. The predicted molar refractivity (Wildman–Crippen MR) is 87.2 cm³/mol. The van der Waals surface area contributed by atoms with Crippen molar-refractivity contribution in [2.45, 2.75) is 17.7 Å². The van der Waals surface area contributed by atoms with Crippen molar-refractivity contribution in [3.63, 3.8) is 0 Å². The Bertz CT molecular complexity index is 739. The number of carbonyl (C=O) groups excluding carboxylic acids is 1. The van der Waals surface area contributed by atoms with Crippen LogP contribution in [0.2, 0.25) is 0 Å². The highest BCUT2D eigenvalue weighted by Crippen LogP contribution is 2.20. The lowest BCUT2D eigenvalue weighted by Gasteiger charge is -2.17. The van der Waals surface area contributed by atoms with Crippen molar-refractivity contribution in [2.75, 3.05) is 13.6 Å². The number of hydrogen-bond donors (Lipinski definition) is 1. The summed E-state index contributed by atoms with van der Waals surface area (Å²) in [5.41, 5.74) is 0.995. The Labute approximate surface area is 134 Å². The Morgan fingerprint density at radius 3 is 2.45 bits per heavy atom. The molecular formula is C15H18N2O3S2. The summed E-state index contributed by atoms with van der Waals surface area (Å²) in [5, 5.41) is 0. The largest absolute Gasteiger partial charge is 0.340 e. The molecule has 0 saturated heterocycles. The van der Waals surface area contributed by atoms with E-state index in [0.29, 0.717) is 6.54 Å². The zero-order valence-electron chi connectivity index (χ0n) is 12.4. The van der Waals surface area contributed by atoms with Crippen molar-refractivity contribution < 1.29 is 13.2 Å². The molecule has 5 nitrogen and oxygen atoms in total. The summed E-state index contributed by atoms with van der Waals surface area (Å²) in [5.74, 6) is -0.277. The fourth-order valence-corrected chi connectivity index (χ4v) is 4.17. The number of sulfonamides is 1. The molecule has 0 aliphatic heterocycles. The van der Waals surface area contributed by atoms with Crippen LogP contribution in [0.25, 0.3) is 0 Å². The molecular weight excluding hydrogens is 320 g/mol. The number of aryl methyl sites for hydroxylation is 1. The van der Waals surface area contributed by atoms with E-state index in [0.717, 1.165) is 10.4 Å². The molecule has 118 valence electrons. The molecule has 0 aliphatic carbocycles. The standard InChI is InChI=1S/C15H18N2O3S2/c1-12-8-9-15(21-12)22(19,20)16-10-14(18)17(2)11-13-6-4-3-5-7-13/h3-9,16H,10-11H2,1-2H3. The van der Waals surface area contributed by atoms with Gasteiger partial charge in [0.05, 0.1) is 6.54 Å². The molecule has 0 aliphatic rings. The fraction of sp³-hybridized carbons (Fsp3) is 0.267. The van der Waals surface area contributed by atoms with Gasteiger partial charge in [0.25, 0.3) is 10.0 Å². The van der Waals surface area contributed by atoms with E-state index >= 15 is 0 Å². The summed E-state index contributed by atoms with van der Waals surface area (Å²) in [6, 6.07) is 12.8. The highest BCUT2D eigenvalue weighted by molar-refractivity contribution is 7.91. The number of benzene rings is 1. The molecule has 1 heterocycles. The summed E-state index contributed by atoms with van der Waals surface area (Å²) in [7, 11) is -1.97. The van der Waals surface area contributed by atoms with Crippen LogP contribution in [-0.4, -0.2) is 32.8 Å². The quantitative estimate of drug-likeness (QED) is 0.876. The van der Waals surface area contributed by atoms with Gasteiger partial charge in [0.2, 0.25) is 5.91 Å². The fourth-order valence-electron chi connectivity index (χ4n) is 1.86. The highest BCUT2D eigenvalue weighted by atomic mass is 32.2. The molecule has 1 N–H and O–H groups in total. The molecule has 0 radical (unpaired) electrons. The van der Waals surface area contributed by atoms with E-state index in [1.165, 1.54) is 16.2 Å². The molecule has 1 amide bonds. The molecule has 1 aromatic heterocycles. The van der Waals surface area contributed by atoms with Crippen LogP contribution in [0.1, 0.15) is 10.4 Å². The molecule has 0 spiro atoms. The Hall–Kier alpha value is -1.70. The first kappa shape index (κ1) is 16.7. The lowest BCUT2D eigenvalue weighted by Crippen LogP contribution is -2.37. The Kier molecular flexibility index (Phi) is 5.33. The van der Waals surface area contributed by atoms with Crippen LogP contribution < -0.4 is 4.72 Å². The van der Waals surface area contributed by atoms with Gasteiger partial charge in [0.15, 0.2) is 0 Å². The Morgan fingerprint density at radius 2 is 1.86 bits per heavy atom. The van der Waals surface area contributed by atoms with Crippen molar-refractivity contribution >= 4 is 27.3 Å². The van der Waals surface area contributed by atoms with E-state index in [4.69, 9.17) is 0 Å². The number of nitrogens with one attached hydrogen (secondary N) is 1. The maximum absolute atomic E-state index is 12.1. The maximum Gasteiger partial charge on any atom is 0.250 e. The first-order valence-electron chi connectivity index (χ1n) is 6.72. The number of hydrogen-bond acceptors (Lipinski definition) is 4. The summed E-state index contributed by atoms with van der Waals surface area (Å²) < 4.78 is 26.7. The van der Waals surface area contributed by atoms with Crippen LogP contribution in [0, 0.1) is 6.92 Å². The molecule has 2 rings (SSSR count). The van der Waals surface area contributed by atoms with E-state index in [-0.39, 0.29) is 16.7 Å². The third kappa shape index (κ3) is 4.40. The molecule has 0 unspecified atom stereocenters. The van der Waals surface area contributed by atoms with Crippen LogP contribution in [0.15, 0.2) is 46.7 Å². The van der Waals surface area contributed by atoms with Gasteiger partial charge in [-0.15, -0.1) is 11.3 Å². The van der Waals surface area contributed by atoms with Gasteiger partial charge in [-0.3, -0.25) is 4.79 Å². The van der Waals surface area contributed by atoms with Crippen LogP contribution in [-0.2, 0) is 21.4 Å². The van der Waals surface area contributed by atoms with Crippen LogP contribution in [0.4, 0.5) is 0 Å². The zero-order valence-corrected chi connectivity index (χ0v) is 14.1. The molecule has 7 heteroatoms. The Morgan fingerprint density at radius 1 is 1.18 bits per heavy atom. The lowest BCUT2D eigenvalue weighted by molar-refractivity contribution is -0.129. The van der Waals surface area contributed by atoms with E-state index in [1.54, 1.807) is 19.2 Å². The Balaban J connectivity index is 1.92. The number of likely N-dealkylation sites (N-methyl/N-ethyl adjacent to an activating group) is 1. The van der Waals surface area contributed by atoms with Gasteiger partial charge in [-0.1, -0.05) is 30.3 Å². The molecule has 0 atom stereocenters. The normalized spacial score (nSPS) is 11.4. The first-order chi connectivity index (χ1) is 10.4. The average molecular weight is 338 g/mol. The third-order valence-corrected chi connectivity index (χ3v) is 5.98. The molecule has 2 aromatic rings. The van der Waals surface area contributed by atoms with Crippen molar-refractivity contribution in [3.8, 4) is 0 Å². The van der Waals surface area contributed by atoms with Crippen LogP contribution >= 0.6 is 11.3 Å². The van der Waals surface area contributed by atoms with Gasteiger partial charge in [0.1, 0.15) is 4.21 Å². The molecule has 0 fully saturated rings. The number of amides is 1.